The van der Waals surface area contributed by atoms with Crippen LogP contribution in [0.15, 0.2) is 18.2 Å². The highest BCUT2D eigenvalue weighted by Gasteiger charge is 2.45. The lowest BCUT2D eigenvalue weighted by Gasteiger charge is -2.41. The van der Waals surface area contributed by atoms with Gasteiger partial charge in [0.2, 0.25) is 5.91 Å². The number of hydrogen-bond acceptors (Lipinski definition) is 2. The van der Waals surface area contributed by atoms with Crippen LogP contribution in [-0.2, 0) is 10.2 Å². The molecule has 0 radical (unpaired) electrons. The maximum atomic E-state index is 13.9. The minimum absolute atomic E-state index is 0.0591. The predicted molar refractivity (Wildman–Crippen MR) is 94.6 cm³/mol. The second-order valence-corrected chi connectivity index (χ2v) is 7.98. The molecule has 1 spiro atoms. The van der Waals surface area contributed by atoms with Crippen LogP contribution in [0.4, 0.5) is 4.39 Å². The van der Waals surface area contributed by atoms with Crippen molar-refractivity contribution in [2.24, 2.45) is 5.92 Å². The second kappa shape index (κ2) is 6.83. The van der Waals surface area contributed by atoms with E-state index in [0.717, 1.165) is 38.9 Å². The van der Waals surface area contributed by atoms with Crippen molar-refractivity contribution in [1.29, 1.82) is 0 Å². The summed E-state index contributed by atoms with van der Waals surface area (Å²) in [4.78, 5) is 14.4. The molecule has 1 N–H and O–H groups in total. The smallest absolute Gasteiger partial charge is 0.220 e. The molecule has 24 heavy (non-hydrogen) atoms. The van der Waals surface area contributed by atoms with Gasteiger partial charge < -0.3 is 10.2 Å². The maximum absolute atomic E-state index is 13.9. The molecular formula is C20H29FN2O. The summed E-state index contributed by atoms with van der Waals surface area (Å²) >= 11 is 0. The Balaban J connectivity index is 1.83. The molecule has 0 bridgehead atoms. The van der Waals surface area contributed by atoms with E-state index in [1.807, 2.05) is 6.07 Å². The van der Waals surface area contributed by atoms with Gasteiger partial charge in [0, 0.05) is 20.0 Å². The van der Waals surface area contributed by atoms with Crippen molar-refractivity contribution >= 4 is 5.91 Å². The first kappa shape index (κ1) is 17.4. The number of carbonyl (C=O) groups excluding carboxylic acids is 1. The molecule has 132 valence electrons. The Kier molecular flexibility index (Phi) is 4.95. The van der Waals surface area contributed by atoms with E-state index in [1.165, 1.54) is 11.1 Å². The van der Waals surface area contributed by atoms with Crippen LogP contribution >= 0.6 is 0 Å². The lowest BCUT2D eigenvalue weighted by atomic mass is 9.73. The number of piperidine rings is 1. The summed E-state index contributed by atoms with van der Waals surface area (Å²) in [5.74, 6) is 0.813. The molecule has 1 aromatic carbocycles. The highest BCUT2D eigenvalue weighted by atomic mass is 19.1. The maximum Gasteiger partial charge on any atom is 0.220 e. The van der Waals surface area contributed by atoms with Crippen molar-refractivity contribution in [2.45, 2.75) is 50.9 Å². The third-order valence-corrected chi connectivity index (χ3v) is 5.81. The molecule has 2 aliphatic rings. The molecule has 3 rings (SSSR count). The van der Waals surface area contributed by atoms with Gasteiger partial charge in [-0.15, -0.1) is 0 Å². The Hall–Kier alpha value is -1.42. The third-order valence-electron chi connectivity index (χ3n) is 5.81. The van der Waals surface area contributed by atoms with E-state index in [2.05, 4.69) is 24.1 Å². The van der Waals surface area contributed by atoms with Crippen LogP contribution in [0.5, 0.6) is 0 Å². The first-order valence-corrected chi connectivity index (χ1v) is 9.16. The average Bonchev–Trinajstić information content (AvgIpc) is 2.82. The number of fused-ring (bicyclic) bond motifs is 2. The fraction of sp³-hybridized carbons (Fsp3) is 0.650. The topological polar surface area (TPSA) is 32.3 Å². The molecule has 1 aliphatic heterocycles. The molecular weight excluding hydrogens is 303 g/mol. The highest BCUT2D eigenvalue weighted by molar-refractivity contribution is 5.77. The van der Waals surface area contributed by atoms with Gasteiger partial charge in [-0.1, -0.05) is 19.9 Å². The zero-order chi connectivity index (χ0) is 17.3. The average molecular weight is 332 g/mol. The molecule has 1 aliphatic carbocycles. The number of nitrogens with zero attached hydrogens (tertiary/aromatic N) is 1. The number of rotatable bonds is 4. The Labute approximate surface area is 144 Å². The van der Waals surface area contributed by atoms with E-state index in [-0.39, 0.29) is 23.1 Å². The van der Waals surface area contributed by atoms with E-state index >= 15 is 0 Å². The van der Waals surface area contributed by atoms with Gasteiger partial charge in [-0.05, 0) is 72.9 Å². The van der Waals surface area contributed by atoms with E-state index in [0.29, 0.717) is 12.3 Å². The number of nitrogens with one attached hydrogen (secondary N) is 1. The van der Waals surface area contributed by atoms with Crippen molar-refractivity contribution in [2.75, 3.05) is 26.7 Å². The molecule has 0 aromatic heterocycles. The van der Waals surface area contributed by atoms with Crippen LogP contribution in [0.1, 0.15) is 56.6 Å². The molecule has 1 heterocycles. The van der Waals surface area contributed by atoms with Crippen LogP contribution in [-0.4, -0.2) is 37.5 Å². The summed E-state index contributed by atoms with van der Waals surface area (Å²) in [5, 5.41) is 2.73. The number of benzene rings is 1. The molecule has 4 heteroatoms. The van der Waals surface area contributed by atoms with Crippen molar-refractivity contribution in [3.8, 4) is 0 Å². The Morgan fingerprint density at radius 3 is 2.71 bits per heavy atom. The van der Waals surface area contributed by atoms with Gasteiger partial charge in [-0.2, -0.15) is 0 Å². The molecule has 1 saturated heterocycles. The summed E-state index contributed by atoms with van der Waals surface area (Å²) in [5.41, 5.74) is 2.42. The SMILES string of the molecule is CNC(=O)C[C@@H]1CC2(CCN(CC(C)C)CC2)c2cc(F)ccc21. The predicted octanol–water partition coefficient (Wildman–Crippen LogP) is 3.44. The summed E-state index contributed by atoms with van der Waals surface area (Å²) in [6.07, 6.45) is 3.63. The van der Waals surface area contributed by atoms with E-state index in [1.54, 1.807) is 19.2 Å². The van der Waals surface area contributed by atoms with Gasteiger partial charge in [-0.25, -0.2) is 4.39 Å². The Morgan fingerprint density at radius 1 is 1.38 bits per heavy atom. The number of halogens is 1. The number of carbonyl (C=O) groups is 1. The summed E-state index contributed by atoms with van der Waals surface area (Å²) < 4.78 is 13.9. The largest absolute Gasteiger partial charge is 0.359 e. The van der Waals surface area contributed by atoms with Crippen molar-refractivity contribution in [3.05, 3.63) is 35.1 Å². The van der Waals surface area contributed by atoms with Crippen LogP contribution < -0.4 is 5.32 Å². The molecule has 1 aromatic rings. The lowest BCUT2D eigenvalue weighted by molar-refractivity contribution is -0.121. The minimum atomic E-state index is -0.154. The van der Waals surface area contributed by atoms with Gasteiger partial charge in [0.1, 0.15) is 5.82 Å². The first-order chi connectivity index (χ1) is 11.4. The van der Waals surface area contributed by atoms with Crippen LogP contribution in [0.2, 0.25) is 0 Å². The number of amides is 1. The van der Waals surface area contributed by atoms with Gasteiger partial charge >= 0.3 is 0 Å². The fourth-order valence-corrected chi connectivity index (χ4v) is 4.70. The standard InChI is InChI=1S/C20H29FN2O/c1-14(2)13-23-8-6-20(7-9-23)12-15(10-19(24)22-3)17-5-4-16(21)11-18(17)20/h4-5,11,14-15H,6-10,12-13H2,1-3H3,(H,22,24)/t15-/m1/s1. The molecule has 3 nitrogen and oxygen atoms in total. The molecule has 1 fully saturated rings. The summed E-state index contributed by atoms with van der Waals surface area (Å²) in [6, 6.07) is 5.19. The zero-order valence-electron chi connectivity index (χ0n) is 15.1. The normalized spacial score (nSPS) is 22.8. The minimum Gasteiger partial charge on any atom is -0.359 e. The monoisotopic (exact) mass is 332 g/mol. The van der Waals surface area contributed by atoms with E-state index < -0.39 is 0 Å². The van der Waals surface area contributed by atoms with Crippen molar-refractivity contribution < 1.29 is 9.18 Å². The van der Waals surface area contributed by atoms with Crippen molar-refractivity contribution in [3.63, 3.8) is 0 Å². The first-order valence-electron chi connectivity index (χ1n) is 9.16. The quantitative estimate of drug-likeness (QED) is 0.916. The van der Waals surface area contributed by atoms with Gasteiger partial charge in [-0.3, -0.25) is 4.79 Å². The van der Waals surface area contributed by atoms with Crippen LogP contribution in [0.3, 0.4) is 0 Å². The van der Waals surface area contributed by atoms with Crippen LogP contribution in [0, 0.1) is 11.7 Å². The van der Waals surface area contributed by atoms with Gasteiger partial charge in [0.05, 0.1) is 0 Å². The van der Waals surface area contributed by atoms with Crippen molar-refractivity contribution in [1.82, 2.24) is 10.2 Å². The second-order valence-electron chi connectivity index (χ2n) is 7.98. The van der Waals surface area contributed by atoms with E-state index in [4.69, 9.17) is 0 Å². The fourth-order valence-electron chi connectivity index (χ4n) is 4.70. The summed E-state index contributed by atoms with van der Waals surface area (Å²) in [7, 11) is 1.68. The third kappa shape index (κ3) is 3.34. The lowest BCUT2D eigenvalue weighted by Crippen LogP contribution is -2.43. The van der Waals surface area contributed by atoms with E-state index in [9.17, 15) is 9.18 Å². The molecule has 0 saturated carbocycles. The van der Waals surface area contributed by atoms with Crippen LogP contribution in [0.25, 0.3) is 0 Å². The number of likely N-dealkylation sites (tertiary alicyclic amines) is 1. The highest BCUT2D eigenvalue weighted by Crippen LogP contribution is 2.52. The Morgan fingerprint density at radius 2 is 2.08 bits per heavy atom. The number of hydrogen-bond donors (Lipinski definition) is 1. The molecule has 1 amide bonds. The van der Waals surface area contributed by atoms with Gasteiger partial charge in [0.25, 0.3) is 0 Å². The molecule has 1 atom stereocenters. The molecule has 0 unspecified atom stereocenters. The summed E-state index contributed by atoms with van der Waals surface area (Å²) in [6.45, 7) is 7.78. The zero-order valence-corrected chi connectivity index (χ0v) is 15.1. The Bertz CT molecular complexity index is 606. The van der Waals surface area contributed by atoms with Gasteiger partial charge in [0.15, 0.2) is 0 Å².